The molecule has 1 amide bonds. The number of carbonyl (C=O) groups is 1. The number of rotatable bonds is 1. The van der Waals surface area contributed by atoms with Gasteiger partial charge in [-0.15, -0.1) is 0 Å². The van der Waals surface area contributed by atoms with Gasteiger partial charge in [-0.1, -0.05) is 0 Å². The lowest BCUT2D eigenvalue weighted by Crippen LogP contribution is -2.23. The first-order valence-corrected chi connectivity index (χ1v) is 4.67. The molecule has 0 radical (unpaired) electrons. The van der Waals surface area contributed by atoms with Crippen LogP contribution in [0.4, 0.5) is 0 Å². The van der Waals surface area contributed by atoms with Gasteiger partial charge in [0, 0.05) is 0 Å². The summed E-state index contributed by atoms with van der Waals surface area (Å²) in [5.41, 5.74) is 5.40. The van der Waals surface area contributed by atoms with E-state index in [9.17, 15) is 4.79 Å². The topological polar surface area (TPSA) is 60.9 Å². The van der Waals surface area contributed by atoms with Crippen LogP contribution in [0.1, 0.15) is 31.1 Å². The van der Waals surface area contributed by atoms with E-state index in [0.29, 0.717) is 10.2 Å². The summed E-state index contributed by atoms with van der Waals surface area (Å²) >= 11 is 3.29. The van der Waals surface area contributed by atoms with Crippen LogP contribution in [0.3, 0.4) is 0 Å². The maximum atomic E-state index is 10.9. The summed E-state index contributed by atoms with van der Waals surface area (Å²) in [5, 5.41) is 4.08. The van der Waals surface area contributed by atoms with Gasteiger partial charge in [0.15, 0.2) is 0 Å². The van der Waals surface area contributed by atoms with Gasteiger partial charge in [0.25, 0.3) is 5.91 Å². The Hall–Kier alpha value is -0.840. The molecule has 1 heterocycles. The van der Waals surface area contributed by atoms with Crippen molar-refractivity contribution in [2.24, 2.45) is 5.73 Å². The molecule has 4 nitrogen and oxygen atoms in total. The average Bonchev–Trinajstić information content (AvgIpc) is 2.28. The summed E-state index contributed by atoms with van der Waals surface area (Å²) in [6.07, 6.45) is 1.47. The second kappa shape index (κ2) is 3.14. The van der Waals surface area contributed by atoms with Crippen LogP contribution < -0.4 is 5.73 Å². The smallest absolute Gasteiger partial charge is 0.253 e. The lowest BCUT2D eigenvalue weighted by Gasteiger charge is -2.20. The van der Waals surface area contributed by atoms with Crippen LogP contribution >= 0.6 is 15.9 Å². The zero-order valence-corrected chi connectivity index (χ0v) is 9.42. The fraction of sp³-hybridized carbons (Fsp3) is 0.500. The number of halogens is 1. The van der Waals surface area contributed by atoms with Crippen molar-refractivity contribution < 1.29 is 4.79 Å². The van der Waals surface area contributed by atoms with E-state index in [1.54, 1.807) is 4.68 Å². The molecule has 72 valence electrons. The van der Waals surface area contributed by atoms with E-state index in [-0.39, 0.29) is 5.54 Å². The molecule has 0 spiro atoms. The van der Waals surface area contributed by atoms with Crippen molar-refractivity contribution in [1.82, 2.24) is 9.78 Å². The van der Waals surface area contributed by atoms with E-state index in [1.807, 2.05) is 20.8 Å². The SMILES string of the molecule is CC(C)(C)n1ncc(C(N)=O)c1Br. The molecule has 0 aliphatic rings. The molecular formula is C8H12BrN3O. The molecule has 0 saturated heterocycles. The van der Waals surface area contributed by atoms with Gasteiger partial charge in [-0.05, 0) is 36.7 Å². The van der Waals surface area contributed by atoms with Gasteiger partial charge in [-0.2, -0.15) is 5.10 Å². The van der Waals surface area contributed by atoms with Crippen LogP contribution in [0.5, 0.6) is 0 Å². The first-order valence-electron chi connectivity index (χ1n) is 3.88. The van der Waals surface area contributed by atoms with Crippen molar-refractivity contribution in [3.63, 3.8) is 0 Å². The molecule has 1 rings (SSSR count). The number of aromatic nitrogens is 2. The van der Waals surface area contributed by atoms with Gasteiger partial charge in [-0.25, -0.2) is 0 Å². The number of hydrogen-bond donors (Lipinski definition) is 1. The summed E-state index contributed by atoms with van der Waals surface area (Å²) in [6.45, 7) is 5.99. The predicted molar refractivity (Wildman–Crippen MR) is 53.4 cm³/mol. The van der Waals surface area contributed by atoms with E-state index in [4.69, 9.17) is 5.73 Å². The van der Waals surface area contributed by atoms with Crippen molar-refractivity contribution in [1.29, 1.82) is 0 Å². The van der Waals surface area contributed by atoms with Gasteiger partial charge in [0.05, 0.1) is 17.3 Å². The fourth-order valence-corrected chi connectivity index (χ4v) is 1.89. The van der Waals surface area contributed by atoms with Gasteiger partial charge < -0.3 is 5.73 Å². The Morgan fingerprint density at radius 2 is 2.15 bits per heavy atom. The number of amides is 1. The maximum absolute atomic E-state index is 10.9. The average molecular weight is 246 g/mol. The molecule has 0 aliphatic heterocycles. The molecule has 1 aromatic heterocycles. The molecule has 2 N–H and O–H groups in total. The Balaban J connectivity index is 3.22. The quantitative estimate of drug-likeness (QED) is 0.816. The van der Waals surface area contributed by atoms with Crippen LogP contribution in [0.15, 0.2) is 10.8 Å². The van der Waals surface area contributed by atoms with Crippen molar-refractivity contribution in [3.8, 4) is 0 Å². The molecule has 1 aromatic rings. The van der Waals surface area contributed by atoms with Crippen LogP contribution in [0.2, 0.25) is 0 Å². The summed E-state index contributed by atoms with van der Waals surface area (Å²) in [6, 6.07) is 0. The largest absolute Gasteiger partial charge is 0.365 e. The molecule has 0 atom stereocenters. The Kier molecular flexibility index (Phi) is 2.47. The predicted octanol–water partition coefficient (Wildman–Crippen LogP) is 1.50. The fourth-order valence-electron chi connectivity index (χ4n) is 0.966. The van der Waals surface area contributed by atoms with Crippen molar-refractivity contribution in [3.05, 3.63) is 16.4 Å². The number of nitrogens with zero attached hydrogens (tertiary/aromatic N) is 2. The third kappa shape index (κ3) is 1.91. The Morgan fingerprint density at radius 3 is 2.38 bits per heavy atom. The van der Waals surface area contributed by atoms with Crippen LogP contribution in [0, 0.1) is 0 Å². The Morgan fingerprint density at radius 1 is 1.62 bits per heavy atom. The molecule has 0 unspecified atom stereocenters. The second-order valence-corrected chi connectivity index (χ2v) is 4.55. The van der Waals surface area contributed by atoms with Crippen molar-refractivity contribution in [2.45, 2.75) is 26.3 Å². The van der Waals surface area contributed by atoms with E-state index in [1.165, 1.54) is 6.20 Å². The third-order valence-corrected chi connectivity index (χ3v) is 2.37. The van der Waals surface area contributed by atoms with Crippen molar-refractivity contribution >= 4 is 21.8 Å². The van der Waals surface area contributed by atoms with Gasteiger partial charge >= 0.3 is 0 Å². The van der Waals surface area contributed by atoms with E-state index >= 15 is 0 Å². The Bertz CT molecular complexity index is 338. The number of primary amides is 1. The van der Waals surface area contributed by atoms with Crippen LogP contribution in [-0.2, 0) is 5.54 Å². The first kappa shape index (κ1) is 10.2. The van der Waals surface area contributed by atoms with Gasteiger partial charge in [-0.3, -0.25) is 9.48 Å². The van der Waals surface area contributed by atoms with Gasteiger partial charge in [0.2, 0.25) is 0 Å². The van der Waals surface area contributed by atoms with Crippen LogP contribution in [-0.4, -0.2) is 15.7 Å². The highest BCUT2D eigenvalue weighted by Crippen LogP contribution is 2.23. The zero-order valence-electron chi connectivity index (χ0n) is 7.84. The third-order valence-electron chi connectivity index (χ3n) is 1.61. The minimum absolute atomic E-state index is 0.160. The highest BCUT2D eigenvalue weighted by atomic mass is 79.9. The zero-order chi connectivity index (χ0) is 10.2. The van der Waals surface area contributed by atoms with Crippen LogP contribution in [0.25, 0.3) is 0 Å². The molecule has 0 bridgehead atoms. The van der Waals surface area contributed by atoms with Gasteiger partial charge in [0.1, 0.15) is 4.60 Å². The molecule has 13 heavy (non-hydrogen) atoms. The molecule has 0 aliphatic carbocycles. The lowest BCUT2D eigenvalue weighted by atomic mass is 10.1. The molecule has 5 heteroatoms. The summed E-state index contributed by atoms with van der Waals surface area (Å²) < 4.78 is 2.35. The minimum Gasteiger partial charge on any atom is -0.365 e. The molecule has 0 fully saturated rings. The standard InChI is InChI=1S/C8H12BrN3O/c1-8(2,3)12-6(9)5(4-11-12)7(10)13/h4H,1-3H3,(H2,10,13). The minimum atomic E-state index is -0.470. The number of hydrogen-bond acceptors (Lipinski definition) is 2. The lowest BCUT2D eigenvalue weighted by molar-refractivity contribution is 0.0999. The van der Waals surface area contributed by atoms with E-state index in [0.717, 1.165) is 0 Å². The first-order chi connectivity index (χ1) is 5.84. The summed E-state index contributed by atoms with van der Waals surface area (Å²) in [4.78, 5) is 10.9. The van der Waals surface area contributed by atoms with E-state index in [2.05, 4.69) is 21.0 Å². The number of nitrogens with two attached hydrogens (primary N) is 1. The summed E-state index contributed by atoms with van der Waals surface area (Å²) in [7, 11) is 0. The monoisotopic (exact) mass is 245 g/mol. The van der Waals surface area contributed by atoms with Crippen molar-refractivity contribution in [2.75, 3.05) is 0 Å². The highest BCUT2D eigenvalue weighted by molar-refractivity contribution is 9.10. The molecular weight excluding hydrogens is 234 g/mol. The maximum Gasteiger partial charge on any atom is 0.253 e. The molecule has 0 aromatic carbocycles. The summed E-state index contributed by atoms with van der Waals surface area (Å²) in [5.74, 6) is -0.470. The Labute approximate surface area is 85.2 Å². The van der Waals surface area contributed by atoms with E-state index < -0.39 is 5.91 Å². The second-order valence-electron chi connectivity index (χ2n) is 3.80. The normalized spacial score (nSPS) is 11.7. The highest BCUT2D eigenvalue weighted by Gasteiger charge is 2.21. The number of carbonyl (C=O) groups excluding carboxylic acids is 1. The molecule has 0 saturated carbocycles.